The van der Waals surface area contributed by atoms with Crippen molar-refractivity contribution in [2.24, 2.45) is 0 Å². The first-order valence-electron chi connectivity index (χ1n) is 12.9. The SMILES string of the molecule is CN1C(=O)COc2cc(-c3cccc(Cl)c3-c3ccc4c(=O)n(-c5cncc6ccccc56)c(=O)[nH]c4c3)ccc21. The quantitative estimate of drug-likeness (QED) is 0.305. The minimum Gasteiger partial charge on any atom is -0.482 e. The number of rotatable bonds is 3. The lowest BCUT2D eigenvalue weighted by atomic mass is 9.93. The predicted molar refractivity (Wildman–Crippen MR) is 160 cm³/mol. The van der Waals surface area contributed by atoms with Crippen LogP contribution >= 0.6 is 11.6 Å². The molecule has 0 spiro atoms. The van der Waals surface area contributed by atoms with Crippen molar-refractivity contribution in [2.45, 2.75) is 0 Å². The number of halogens is 1. The molecule has 0 saturated heterocycles. The van der Waals surface area contributed by atoms with Crippen molar-refractivity contribution in [1.29, 1.82) is 0 Å². The van der Waals surface area contributed by atoms with Crippen molar-refractivity contribution >= 4 is 44.9 Å². The van der Waals surface area contributed by atoms with E-state index in [2.05, 4.69) is 9.97 Å². The van der Waals surface area contributed by atoms with Crippen LogP contribution in [0.5, 0.6) is 5.75 Å². The summed E-state index contributed by atoms with van der Waals surface area (Å²) in [5, 5.41) is 2.43. The molecule has 1 aliphatic heterocycles. The van der Waals surface area contributed by atoms with Gasteiger partial charge in [-0.1, -0.05) is 60.1 Å². The first kappa shape index (κ1) is 24.8. The number of fused-ring (bicyclic) bond motifs is 3. The summed E-state index contributed by atoms with van der Waals surface area (Å²) in [5.41, 5.74) is 3.62. The first-order chi connectivity index (χ1) is 19.9. The third-order valence-electron chi connectivity index (χ3n) is 7.45. The molecule has 6 aromatic rings. The fourth-order valence-corrected chi connectivity index (χ4v) is 5.66. The zero-order valence-corrected chi connectivity index (χ0v) is 22.5. The average Bonchev–Trinajstić information content (AvgIpc) is 2.98. The molecule has 200 valence electrons. The zero-order chi connectivity index (χ0) is 28.2. The summed E-state index contributed by atoms with van der Waals surface area (Å²) in [6, 6.07) is 24.0. The number of hydrogen-bond donors (Lipinski definition) is 1. The van der Waals surface area contributed by atoms with Crippen LogP contribution in [0.1, 0.15) is 0 Å². The number of carbonyl (C=O) groups excluding carboxylic acids is 1. The number of pyridine rings is 1. The van der Waals surface area contributed by atoms with Gasteiger partial charge in [0.15, 0.2) is 6.61 Å². The average molecular weight is 561 g/mol. The number of carbonyl (C=O) groups is 1. The highest BCUT2D eigenvalue weighted by Crippen LogP contribution is 2.41. The van der Waals surface area contributed by atoms with Crippen LogP contribution < -0.4 is 20.9 Å². The number of anilines is 1. The van der Waals surface area contributed by atoms with Crippen LogP contribution in [0.4, 0.5) is 5.69 Å². The lowest BCUT2D eigenvalue weighted by Crippen LogP contribution is -2.35. The molecule has 8 nitrogen and oxygen atoms in total. The molecule has 3 heterocycles. The highest BCUT2D eigenvalue weighted by Gasteiger charge is 2.23. The second-order valence-corrected chi connectivity index (χ2v) is 10.2. The molecule has 4 aromatic carbocycles. The number of H-pyrrole nitrogens is 1. The van der Waals surface area contributed by atoms with Gasteiger partial charge in [-0.15, -0.1) is 0 Å². The molecule has 0 fully saturated rings. The van der Waals surface area contributed by atoms with Crippen LogP contribution in [-0.4, -0.2) is 34.1 Å². The van der Waals surface area contributed by atoms with Crippen molar-refractivity contribution in [3.63, 3.8) is 0 Å². The molecule has 1 amide bonds. The van der Waals surface area contributed by atoms with E-state index in [1.54, 1.807) is 36.3 Å². The van der Waals surface area contributed by atoms with Crippen LogP contribution in [0.15, 0.2) is 101 Å². The van der Waals surface area contributed by atoms with Gasteiger partial charge in [-0.05, 0) is 47.0 Å². The van der Waals surface area contributed by atoms with Gasteiger partial charge in [0.05, 0.1) is 28.5 Å². The fourth-order valence-electron chi connectivity index (χ4n) is 5.37. The zero-order valence-electron chi connectivity index (χ0n) is 21.7. The van der Waals surface area contributed by atoms with Gasteiger partial charge in [0, 0.05) is 34.6 Å². The fraction of sp³-hybridized carbons (Fsp3) is 0.0625. The number of nitrogens with one attached hydrogen (secondary N) is 1. The molecule has 0 unspecified atom stereocenters. The topological polar surface area (TPSA) is 97.3 Å². The van der Waals surface area contributed by atoms with Crippen LogP contribution in [0, 0.1) is 0 Å². The van der Waals surface area contributed by atoms with E-state index in [4.69, 9.17) is 16.3 Å². The largest absolute Gasteiger partial charge is 0.482 e. The lowest BCUT2D eigenvalue weighted by molar-refractivity contribution is -0.120. The minimum absolute atomic E-state index is 0.0280. The summed E-state index contributed by atoms with van der Waals surface area (Å²) in [6.45, 7) is -0.0280. The number of ether oxygens (including phenoxy) is 1. The first-order valence-corrected chi connectivity index (χ1v) is 13.2. The number of amides is 1. The molecule has 0 aliphatic carbocycles. The summed E-state index contributed by atoms with van der Waals surface area (Å²) in [7, 11) is 1.72. The van der Waals surface area contributed by atoms with Crippen molar-refractivity contribution in [3.8, 4) is 33.7 Å². The number of hydrogen-bond acceptors (Lipinski definition) is 5. The van der Waals surface area contributed by atoms with Gasteiger partial charge in [0.25, 0.3) is 11.5 Å². The van der Waals surface area contributed by atoms with E-state index in [0.717, 1.165) is 37.6 Å². The van der Waals surface area contributed by atoms with Crippen molar-refractivity contribution in [1.82, 2.24) is 14.5 Å². The Morgan fingerprint density at radius 3 is 2.56 bits per heavy atom. The molecule has 1 aliphatic rings. The Bertz CT molecular complexity index is 2160. The standard InChI is InChI=1S/C32H21ClN4O4/c1-36-26-12-10-18(14-28(26)41-17-29(36)38)22-7-4-8-24(33)30(22)19-9-11-23-25(13-19)35-32(40)37(31(23)39)27-16-34-15-20-5-2-3-6-21(20)27/h2-16H,17H2,1H3,(H,35,40). The minimum atomic E-state index is -0.567. The Kier molecular flexibility index (Phi) is 5.72. The van der Waals surface area contributed by atoms with Crippen LogP contribution in [0.3, 0.4) is 0 Å². The number of nitrogens with zero attached hydrogens (tertiary/aromatic N) is 3. The number of benzene rings is 4. The second-order valence-electron chi connectivity index (χ2n) is 9.80. The Morgan fingerprint density at radius 2 is 1.68 bits per heavy atom. The molecule has 0 atom stereocenters. The molecule has 7 rings (SSSR count). The monoisotopic (exact) mass is 560 g/mol. The Morgan fingerprint density at radius 1 is 0.854 bits per heavy atom. The molecule has 9 heteroatoms. The maximum Gasteiger partial charge on any atom is 0.333 e. The molecular formula is C32H21ClN4O4. The molecule has 2 aromatic heterocycles. The van der Waals surface area contributed by atoms with Crippen molar-refractivity contribution < 1.29 is 9.53 Å². The lowest BCUT2D eigenvalue weighted by Gasteiger charge is -2.26. The van der Waals surface area contributed by atoms with Crippen molar-refractivity contribution in [3.05, 3.63) is 117 Å². The van der Waals surface area contributed by atoms with E-state index in [-0.39, 0.29) is 12.5 Å². The molecule has 41 heavy (non-hydrogen) atoms. The molecule has 1 N–H and O–H groups in total. The van der Waals surface area contributed by atoms with E-state index in [0.29, 0.717) is 33.0 Å². The third kappa shape index (κ3) is 3.99. The number of aromatic amines is 1. The number of aromatic nitrogens is 3. The highest BCUT2D eigenvalue weighted by molar-refractivity contribution is 6.34. The molecular weight excluding hydrogens is 540 g/mol. The summed E-state index contributed by atoms with van der Waals surface area (Å²) < 4.78 is 6.82. The van der Waals surface area contributed by atoms with Crippen LogP contribution in [0.25, 0.3) is 49.6 Å². The van der Waals surface area contributed by atoms with Gasteiger partial charge in [-0.2, -0.15) is 0 Å². The number of likely N-dealkylation sites (N-methyl/N-ethyl adjacent to an activating group) is 1. The molecule has 0 bridgehead atoms. The predicted octanol–water partition coefficient (Wildman–Crippen LogP) is 5.57. The van der Waals surface area contributed by atoms with E-state index in [9.17, 15) is 14.4 Å². The van der Waals surface area contributed by atoms with Gasteiger partial charge < -0.3 is 14.6 Å². The summed E-state index contributed by atoms with van der Waals surface area (Å²) >= 11 is 6.75. The highest BCUT2D eigenvalue weighted by atomic mass is 35.5. The summed E-state index contributed by atoms with van der Waals surface area (Å²) in [5.74, 6) is 0.483. The van der Waals surface area contributed by atoms with Gasteiger partial charge in [-0.25, -0.2) is 9.36 Å². The maximum atomic E-state index is 13.6. The Balaban J connectivity index is 1.38. The van der Waals surface area contributed by atoms with Crippen molar-refractivity contribution in [2.75, 3.05) is 18.6 Å². The van der Waals surface area contributed by atoms with E-state index < -0.39 is 11.2 Å². The smallest absolute Gasteiger partial charge is 0.333 e. The molecule has 0 saturated carbocycles. The van der Waals surface area contributed by atoms with Crippen LogP contribution in [0.2, 0.25) is 5.02 Å². The normalized spacial score (nSPS) is 12.9. The molecule has 0 radical (unpaired) electrons. The second kappa shape index (κ2) is 9.46. The van der Waals surface area contributed by atoms with E-state index in [1.807, 2.05) is 60.7 Å². The van der Waals surface area contributed by atoms with Gasteiger partial charge in [-0.3, -0.25) is 14.6 Å². The Labute approximate surface area is 238 Å². The van der Waals surface area contributed by atoms with Crippen LogP contribution in [-0.2, 0) is 4.79 Å². The van der Waals surface area contributed by atoms with Gasteiger partial charge in [0.1, 0.15) is 5.75 Å². The Hall–Kier alpha value is -5.21. The summed E-state index contributed by atoms with van der Waals surface area (Å²) in [6.07, 6.45) is 3.21. The van der Waals surface area contributed by atoms with E-state index >= 15 is 0 Å². The third-order valence-corrected chi connectivity index (χ3v) is 7.76. The van der Waals surface area contributed by atoms with Gasteiger partial charge >= 0.3 is 5.69 Å². The summed E-state index contributed by atoms with van der Waals surface area (Å²) in [4.78, 5) is 47.7. The maximum absolute atomic E-state index is 13.6. The van der Waals surface area contributed by atoms with Gasteiger partial charge in [0.2, 0.25) is 0 Å². The van der Waals surface area contributed by atoms with E-state index in [1.165, 1.54) is 6.20 Å².